The van der Waals surface area contributed by atoms with Gasteiger partial charge in [0.1, 0.15) is 6.61 Å². The molecule has 0 unspecified atom stereocenters. The average Bonchev–Trinajstić information content (AvgIpc) is 2.83. The fourth-order valence-electron chi connectivity index (χ4n) is 1.97. The largest absolute Gasteiger partial charge is 0.492 e. The molecule has 1 aromatic carbocycles. The van der Waals surface area contributed by atoms with Gasteiger partial charge in [0.2, 0.25) is 0 Å². The average molecular weight is 220 g/mol. The molecule has 0 aliphatic carbocycles. The molecule has 0 aromatic heterocycles. The molecule has 0 spiro atoms. The van der Waals surface area contributed by atoms with Gasteiger partial charge in [0.15, 0.2) is 11.5 Å². The van der Waals surface area contributed by atoms with Crippen LogP contribution in [0.2, 0.25) is 0 Å². The Morgan fingerprint density at radius 3 is 2.94 bits per heavy atom. The summed E-state index contributed by atoms with van der Waals surface area (Å²) in [5.74, 6) is 1.47. The van der Waals surface area contributed by atoms with Gasteiger partial charge in [0.05, 0.1) is 7.11 Å². The fourth-order valence-corrected chi connectivity index (χ4v) is 1.97. The molecule has 2 rings (SSSR count). The van der Waals surface area contributed by atoms with Gasteiger partial charge in [-0.3, -0.25) is 4.90 Å². The van der Waals surface area contributed by atoms with E-state index in [0.29, 0.717) is 12.4 Å². The minimum Gasteiger partial charge on any atom is -0.492 e. The van der Waals surface area contributed by atoms with Crippen LogP contribution >= 0.6 is 0 Å². The van der Waals surface area contributed by atoms with Gasteiger partial charge in [-0.25, -0.2) is 0 Å². The summed E-state index contributed by atoms with van der Waals surface area (Å²) in [7, 11) is 1.64. The van der Waals surface area contributed by atoms with Crippen molar-refractivity contribution in [2.75, 3.05) is 33.4 Å². The predicted molar refractivity (Wildman–Crippen MR) is 63.0 cm³/mol. The molecule has 1 aliphatic heterocycles. The quantitative estimate of drug-likeness (QED) is 0.757. The van der Waals surface area contributed by atoms with Gasteiger partial charge in [0, 0.05) is 12.6 Å². The van der Waals surface area contributed by atoms with Gasteiger partial charge in [-0.15, -0.1) is 0 Å². The first-order valence-electron chi connectivity index (χ1n) is 5.80. The van der Waals surface area contributed by atoms with E-state index in [2.05, 4.69) is 11.0 Å². The Bertz CT molecular complexity index is 321. The van der Waals surface area contributed by atoms with E-state index in [0.717, 1.165) is 12.3 Å². The highest BCUT2D eigenvalue weighted by atomic mass is 16.5. The molecule has 0 amide bonds. The fraction of sp³-hybridized carbons (Fsp3) is 0.538. The summed E-state index contributed by atoms with van der Waals surface area (Å²) in [5, 5.41) is 0. The zero-order valence-electron chi connectivity index (χ0n) is 9.74. The molecular weight excluding hydrogens is 202 g/mol. The third-order valence-electron chi connectivity index (χ3n) is 2.85. The van der Waals surface area contributed by atoms with Crippen LogP contribution in [-0.4, -0.2) is 38.3 Å². The van der Waals surface area contributed by atoms with Crippen LogP contribution in [0.4, 0.5) is 0 Å². The Morgan fingerprint density at radius 2 is 2.19 bits per heavy atom. The molecule has 87 valence electrons. The molecule has 0 atom stereocenters. The van der Waals surface area contributed by atoms with Crippen LogP contribution in [-0.2, 0) is 0 Å². The predicted octanol–water partition coefficient (Wildman–Crippen LogP) is 1.97. The minimum absolute atomic E-state index is 0.684. The molecule has 0 saturated carbocycles. The smallest absolute Gasteiger partial charge is 0.168 e. The Labute approximate surface area is 97.0 Å². The van der Waals surface area contributed by atoms with E-state index in [1.165, 1.54) is 25.9 Å². The van der Waals surface area contributed by atoms with Crippen LogP contribution < -0.4 is 9.47 Å². The number of para-hydroxylation sites is 1. The zero-order valence-corrected chi connectivity index (χ0v) is 9.74. The number of benzene rings is 1. The van der Waals surface area contributed by atoms with Crippen LogP contribution in [0, 0.1) is 6.07 Å². The van der Waals surface area contributed by atoms with Crippen molar-refractivity contribution >= 4 is 0 Å². The molecule has 1 aromatic rings. The minimum atomic E-state index is 0.684. The van der Waals surface area contributed by atoms with Crippen molar-refractivity contribution in [3.63, 3.8) is 0 Å². The number of rotatable bonds is 5. The van der Waals surface area contributed by atoms with E-state index in [1.54, 1.807) is 7.11 Å². The molecule has 0 N–H and O–H groups in total. The van der Waals surface area contributed by atoms with Crippen molar-refractivity contribution < 1.29 is 9.47 Å². The molecule has 16 heavy (non-hydrogen) atoms. The normalized spacial score (nSPS) is 16.3. The first-order chi connectivity index (χ1) is 7.90. The highest BCUT2D eigenvalue weighted by Crippen LogP contribution is 2.25. The summed E-state index contributed by atoms with van der Waals surface area (Å²) in [6, 6.07) is 8.66. The van der Waals surface area contributed by atoms with Crippen molar-refractivity contribution in [2.24, 2.45) is 0 Å². The molecule has 1 radical (unpaired) electrons. The summed E-state index contributed by atoms with van der Waals surface area (Å²) in [4.78, 5) is 2.43. The van der Waals surface area contributed by atoms with Gasteiger partial charge >= 0.3 is 0 Å². The summed E-state index contributed by atoms with van der Waals surface area (Å²) < 4.78 is 10.9. The Hall–Kier alpha value is -1.22. The van der Waals surface area contributed by atoms with E-state index in [4.69, 9.17) is 9.47 Å². The maximum absolute atomic E-state index is 5.69. The number of methoxy groups -OCH3 is 1. The van der Waals surface area contributed by atoms with Crippen molar-refractivity contribution in [1.82, 2.24) is 4.90 Å². The van der Waals surface area contributed by atoms with Crippen molar-refractivity contribution in [3.8, 4) is 11.5 Å². The van der Waals surface area contributed by atoms with E-state index >= 15 is 0 Å². The topological polar surface area (TPSA) is 21.7 Å². The van der Waals surface area contributed by atoms with E-state index in [1.807, 2.05) is 18.2 Å². The lowest BCUT2D eigenvalue weighted by molar-refractivity contribution is 0.230. The van der Waals surface area contributed by atoms with E-state index in [-0.39, 0.29) is 0 Å². The van der Waals surface area contributed by atoms with Crippen LogP contribution in [0.25, 0.3) is 0 Å². The molecule has 1 aliphatic rings. The number of likely N-dealkylation sites (tertiary alicyclic amines) is 1. The first-order valence-corrected chi connectivity index (χ1v) is 5.80. The molecule has 1 saturated heterocycles. The highest BCUT2D eigenvalue weighted by molar-refractivity contribution is 5.38. The summed E-state index contributed by atoms with van der Waals surface area (Å²) in [6.07, 6.45) is 2.64. The van der Waals surface area contributed by atoms with E-state index in [9.17, 15) is 0 Å². The maximum atomic E-state index is 5.69. The summed E-state index contributed by atoms with van der Waals surface area (Å²) in [6.45, 7) is 4.13. The lowest BCUT2D eigenvalue weighted by atomic mass is 10.3. The van der Waals surface area contributed by atoms with Crippen molar-refractivity contribution in [2.45, 2.75) is 12.8 Å². The molecular formula is C13H18NO2. The van der Waals surface area contributed by atoms with Crippen molar-refractivity contribution in [1.29, 1.82) is 0 Å². The number of ether oxygens (including phenoxy) is 2. The van der Waals surface area contributed by atoms with Crippen LogP contribution in [0.1, 0.15) is 12.8 Å². The molecule has 0 bridgehead atoms. The first kappa shape index (κ1) is 11.3. The second-order valence-corrected chi connectivity index (χ2v) is 3.96. The summed E-state index contributed by atoms with van der Waals surface area (Å²) in [5.41, 5.74) is 0. The number of hydrogen-bond acceptors (Lipinski definition) is 3. The molecule has 3 nitrogen and oxygen atoms in total. The second kappa shape index (κ2) is 5.75. The van der Waals surface area contributed by atoms with Gasteiger partial charge in [-0.05, 0) is 32.0 Å². The van der Waals surface area contributed by atoms with Gasteiger partial charge < -0.3 is 9.47 Å². The second-order valence-electron chi connectivity index (χ2n) is 3.96. The van der Waals surface area contributed by atoms with Crippen LogP contribution in [0.3, 0.4) is 0 Å². The summed E-state index contributed by atoms with van der Waals surface area (Å²) >= 11 is 0. The van der Waals surface area contributed by atoms with Crippen LogP contribution in [0.5, 0.6) is 11.5 Å². The van der Waals surface area contributed by atoms with Gasteiger partial charge in [-0.2, -0.15) is 0 Å². The Kier molecular flexibility index (Phi) is 4.05. The monoisotopic (exact) mass is 220 g/mol. The van der Waals surface area contributed by atoms with Crippen molar-refractivity contribution in [3.05, 3.63) is 24.3 Å². The zero-order chi connectivity index (χ0) is 11.2. The SMILES string of the molecule is COc1[c]cccc1OCCN1CCCC1. The molecule has 1 fully saturated rings. The van der Waals surface area contributed by atoms with Gasteiger partial charge in [0.25, 0.3) is 0 Å². The van der Waals surface area contributed by atoms with E-state index < -0.39 is 0 Å². The Balaban J connectivity index is 1.79. The standard InChI is InChI=1S/C13H18NO2/c1-15-12-6-2-3-7-13(12)16-11-10-14-8-4-5-9-14/h2-3,7H,4-5,8-11H2,1H3. The Morgan fingerprint density at radius 1 is 1.38 bits per heavy atom. The molecule has 3 heteroatoms. The number of hydrogen-bond donors (Lipinski definition) is 0. The third-order valence-corrected chi connectivity index (χ3v) is 2.85. The third kappa shape index (κ3) is 2.89. The van der Waals surface area contributed by atoms with Gasteiger partial charge in [-0.1, -0.05) is 12.1 Å². The molecule has 1 heterocycles. The number of nitrogens with zero attached hydrogens (tertiary/aromatic N) is 1. The lowest BCUT2D eigenvalue weighted by Crippen LogP contribution is -2.25. The highest BCUT2D eigenvalue weighted by Gasteiger charge is 2.11. The van der Waals surface area contributed by atoms with Crippen LogP contribution in [0.15, 0.2) is 18.2 Å². The maximum Gasteiger partial charge on any atom is 0.168 e. The lowest BCUT2D eigenvalue weighted by Gasteiger charge is -2.15.